The third-order valence-electron chi connectivity index (χ3n) is 5.45. The van der Waals surface area contributed by atoms with E-state index in [2.05, 4.69) is 10.1 Å². The number of carbonyl (C=O) groups is 1. The van der Waals surface area contributed by atoms with Gasteiger partial charge < -0.3 is 9.84 Å². The number of H-pyrrole nitrogens is 1. The lowest BCUT2D eigenvalue weighted by molar-refractivity contribution is -0.130. The molecule has 1 aliphatic heterocycles. The van der Waals surface area contributed by atoms with Gasteiger partial charge in [-0.2, -0.15) is 5.10 Å². The van der Waals surface area contributed by atoms with Crippen LogP contribution in [-0.2, 0) is 11.3 Å². The Morgan fingerprint density at radius 3 is 2.55 bits per heavy atom. The van der Waals surface area contributed by atoms with E-state index >= 15 is 0 Å². The molecule has 2 aromatic carbocycles. The predicted molar refractivity (Wildman–Crippen MR) is 123 cm³/mol. The Morgan fingerprint density at radius 1 is 1.15 bits per heavy atom. The van der Waals surface area contributed by atoms with Crippen LogP contribution in [0.4, 0.5) is 0 Å². The van der Waals surface area contributed by atoms with E-state index in [4.69, 9.17) is 4.74 Å². The Labute approximate surface area is 189 Å². The second-order valence-corrected chi connectivity index (χ2v) is 7.63. The lowest BCUT2D eigenvalue weighted by Crippen LogP contribution is -2.34. The zero-order valence-corrected chi connectivity index (χ0v) is 18.3. The molecule has 0 saturated heterocycles. The molecule has 2 N–H and O–H groups in total. The van der Waals surface area contributed by atoms with E-state index in [-0.39, 0.29) is 30.1 Å². The number of aromatic nitrogens is 2. The number of para-hydroxylation sites is 1. The molecular weight excluding hydrogens is 424 g/mol. The van der Waals surface area contributed by atoms with Gasteiger partial charge in [0, 0.05) is 18.9 Å². The lowest BCUT2D eigenvalue weighted by Gasteiger charge is -2.22. The SMILES string of the molecule is CCOc1ccccc1[C@H]1CC(c2c(O)n(Cc3ccccc3)c(=O)[nH]c2=O)=NN1C(C)=O. The van der Waals surface area contributed by atoms with Gasteiger partial charge in [0.1, 0.15) is 11.3 Å². The van der Waals surface area contributed by atoms with Gasteiger partial charge in [-0.25, -0.2) is 9.80 Å². The van der Waals surface area contributed by atoms with Crippen molar-refractivity contribution in [2.45, 2.75) is 32.9 Å². The summed E-state index contributed by atoms with van der Waals surface area (Å²) in [6, 6.07) is 15.9. The Kier molecular flexibility index (Phi) is 6.12. The Bertz CT molecular complexity index is 1330. The standard InChI is InChI=1S/C24H24N4O5/c1-3-33-20-12-8-7-11-17(20)19-13-18(26-28(19)15(2)29)21-22(30)25-24(32)27(23(21)31)14-16-9-5-4-6-10-16/h4-12,19,31H,3,13-14H2,1-2H3,(H,25,30,32)/t19-/m1/s1. The monoisotopic (exact) mass is 448 g/mol. The van der Waals surface area contributed by atoms with Crippen LogP contribution in [0.5, 0.6) is 11.6 Å². The van der Waals surface area contributed by atoms with Gasteiger partial charge in [-0.3, -0.25) is 19.1 Å². The maximum atomic E-state index is 12.7. The van der Waals surface area contributed by atoms with Crippen LogP contribution in [0.25, 0.3) is 0 Å². The molecule has 3 aromatic rings. The normalized spacial score (nSPS) is 15.4. The van der Waals surface area contributed by atoms with Gasteiger partial charge in [-0.15, -0.1) is 0 Å². The molecule has 1 atom stereocenters. The third kappa shape index (κ3) is 4.30. The Morgan fingerprint density at radius 2 is 1.85 bits per heavy atom. The third-order valence-corrected chi connectivity index (χ3v) is 5.45. The van der Waals surface area contributed by atoms with Gasteiger partial charge in [0.05, 0.1) is 24.9 Å². The molecule has 170 valence electrons. The molecule has 0 fully saturated rings. The molecule has 0 radical (unpaired) electrons. The highest BCUT2D eigenvalue weighted by Gasteiger charge is 2.35. The van der Waals surface area contributed by atoms with E-state index < -0.39 is 23.2 Å². The van der Waals surface area contributed by atoms with Crippen molar-refractivity contribution in [3.63, 3.8) is 0 Å². The van der Waals surface area contributed by atoms with E-state index in [1.54, 1.807) is 6.07 Å². The van der Waals surface area contributed by atoms with Crippen LogP contribution in [0.15, 0.2) is 69.3 Å². The summed E-state index contributed by atoms with van der Waals surface area (Å²) in [6.07, 6.45) is 0.170. The number of aromatic amines is 1. The minimum absolute atomic E-state index is 0.0651. The summed E-state index contributed by atoms with van der Waals surface area (Å²) in [6.45, 7) is 3.75. The van der Waals surface area contributed by atoms with Crippen LogP contribution in [0.3, 0.4) is 0 Å². The number of nitrogens with zero attached hydrogens (tertiary/aromatic N) is 3. The van der Waals surface area contributed by atoms with Gasteiger partial charge in [-0.1, -0.05) is 48.5 Å². The number of benzene rings is 2. The highest BCUT2D eigenvalue weighted by molar-refractivity contribution is 6.04. The minimum Gasteiger partial charge on any atom is -0.494 e. The van der Waals surface area contributed by atoms with E-state index in [0.717, 1.165) is 15.7 Å². The van der Waals surface area contributed by atoms with Crippen molar-refractivity contribution in [1.82, 2.24) is 14.6 Å². The summed E-state index contributed by atoms with van der Waals surface area (Å²) < 4.78 is 6.79. The van der Waals surface area contributed by atoms with Crippen LogP contribution in [0.1, 0.15) is 43.0 Å². The van der Waals surface area contributed by atoms with Crippen LogP contribution >= 0.6 is 0 Å². The zero-order chi connectivity index (χ0) is 23.5. The van der Waals surface area contributed by atoms with E-state index in [9.17, 15) is 19.5 Å². The fourth-order valence-electron chi connectivity index (χ4n) is 3.97. The zero-order valence-electron chi connectivity index (χ0n) is 18.3. The first-order valence-corrected chi connectivity index (χ1v) is 10.6. The molecule has 9 heteroatoms. The van der Waals surface area contributed by atoms with Gasteiger partial charge in [0.2, 0.25) is 11.8 Å². The number of hydrazone groups is 1. The van der Waals surface area contributed by atoms with Crippen molar-refractivity contribution in [1.29, 1.82) is 0 Å². The fraction of sp³-hybridized carbons (Fsp3) is 0.250. The first-order valence-electron chi connectivity index (χ1n) is 10.6. The van der Waals surface area contributed by atoms with Gasteiger partial charge >= 0.3 is 5.69 Å². The van der Waals surface area contributed by atoms with Crippen molar-refractivity contribution in [3.05, 3.63) is 92.1 Å². The number of aromatic hydroxyl groups is 1. The predicted octanol–water partition coefficient (Wildman–Crippen LogP) is 2.39. The number of amides is 1. The fourth-order valence-corrected chi connectivity index (χ4v) is 3.97. The number of hydrogen-bond donors (Lipinski definition) is 2. The summed E-state index contributed by atoms with van der Waals surface area (Å²) in [5.41, 5.74) is 0.0976. The average Bonchev–Trinajstić information content (AvgIpc) is 3.23. The second-order valence-electron chi connectivity index (χ2n) is 7.63. The number of rotatable bonds is 6. The first-order chi connectivity index (χ1) is 15.9. The largest absolute Gasteiger partial charge is 0.494 e. The number of nitrogens with one attached hydrogen (secondary N) is 1. The highest BCUT2D eigenvalue weighted by Crippen LogP contribution is 2.37. The molecule has 0 aliphatic carbocycles. The molecule has 0 spiro atoms. The molecule has 0 bridgehead atoms. The van der Waals surface area contributed by atoms with Crippen molar-refractivity contribution in [2.24, 2.45) is 5.10 Å². The maximum Gasteiger partial charge on any atom is 0.331 e. The number of hydrogen-bond acceptors (Lipinski definition) is 6. The highest BCUT2D eigenvalue weighted by atomic mass is 16.5. The number of carbonyl (C=O) groups excluding carboxylic acids is 1. The first kappa shape index (κ1) is 22.1. The molecule has 0 unspecified atom stereocenters. The molecule has 0 saturated carbocycles. The second kappa shape index (κ2) is 9.15. The minimum atomic E-state index is -0.761. The molecule has 2 heterocycles. The topological polar surface area (TPSA) is 117 Å². The average molecular weight is 448 g/mol. The smallest absolute Gasteiger partial charge is 0.331 e. The molecule has 9 nitrogen and oxygen atoms in total. The summed E-state index contributed by atoms with van der Waals surface area (Å²) in [5, 5.41) is 16.6. The molecule has 1 aromatic heterocycles. The molecule has 33 heavy (non-hydrogen) atoms. The Hall–Kier alpha value is -4.14. The van der Waals surface area contributed by atoms with Crippen molar-refractivity contribution >= 4 is 11.6 Å². The van der Waals surface area contributed by atoms with Crippen LogP contribution < -0.4 is 16.0 Å². The summed E-state index contributed by atoms with van der Waals surface area (Å²) in [5.74, 6) is -0.205. The van der Waals surface area contributed by atoms with E-state index in [1.165, 1.54) is 11.9 Å². The van der Waals surface area contributed by atoms with Gasteiger partial charge in [0.15, 0.2) is 0 Å². The van der Waals surface area contributed by atoms with Gasteiger partial charge in [-0.05, 0) is 18.6 Å². The quantitative estimate of drug-likeness (QED) is 0.601. The van der Waals surface area contributed by atoms with Crippen molar-refractivity contribution in [2.75, 3.05) is 6.61 Å². The van der Waals surface area contributed by atoms with Crippen molar-refractivity contribution in [3.8, 4) is 11.6 Å². The summed E-state index contributed by atoms with van der Waals surface area (Å²) in [7, 11) is 0. The molecular formula is C24H24N4O5. The molecule has 4 rings (SSSR count). The van der Waals surface area contributed by atoms with E-state index in [1.807, 2.05) is 55.5 Å². The summed E-state index contributed by atoms with van der Waals surface area (Å²) in [4.78, 5) is 39.8. The van der Waals surface area contributed by atoms with E-state index in [0.29, 0.717) is 12.4 Å². The van der Waals surface area contributed by atoms with Crippen LogP contribution in [0.2, 0.25) is 0 Å². The Balaban J connectivity index is 1.77. The maximum absolute atomic E-state index is 12.7. The lowest BCUT2D eigenvalue weighted by atomic mass is 9.98. The molecule has 1 aliphatic rings. The van der Waals surface area contributed by atoms with Crippen molar-refractivity contribution < 1.29 is 14.6 Å². The van der Waals surface area contributed by atoms with Crippen LogP contribution in [0, 0.1) is 0 Å². The van der Waals surface area contributed by atoms with Crippen LogP contribution in [-0.4, -0.2) is 37.9 Å². The number of ether oxygens (including phenoxy) is 1. The summed E-state index contributed by atoms with van der Waals surface area (Å²) >= 11 is 0. The molecule has 1 amide bonds. The van der Waals surface area contributed by atoms with Gasteiger partial charge in [0.25, 0.3) is 5.56 Å².